The van der Waals surface area contributed by atoms with Gasteiger partial charge in [-0.1, -0.05) is 0 Å². The number of fused-ring (bicyclic) bond motifs is 1. The van der Waals surface area contributed by atoms with Crippen LogP contribution in [0.2, 0.25) is 0 Å². The van der Waals surface area contributed by atoms with E-state index in [-0.39, 0.29) is 0 Å². The summed E-state index contributed by atoms with van der Waals surface area (Å²) in [5, 5.41) is 10.6. The molecule has 2 rings (SSSR count). The Morgan fingerprint density at radius 2 is 2.17 bits per heavy atom. The molecule has 12 heavy (non-hydrogen) atoms. The van der Waals surface area contributed by atoms with Gasteiger partial charge in [0.2, 0.25) is 0 Å². The van der Waals surface area contributed by atoms with Crippen molar-refractivity contribution in [2.45, 2.75) is 11.1 Å². The number of phenols is 1. The molecule has 0 radical (unpaired) electrons. The highest BCUT2D eigenvalue weighted by Gasteiger charge is 2.04. The lowest BCUT2D eigenvalue weighted by molar-refractivity contribution is 0.472. The summed E-state index contributed by atoms with van der Waals surface area (Å²) >= 11 is 5.86. The van der Waals surface area contributed by atoms with Crippen LogP contribution >= 0.6 is 24.0 Å². The van der Waals surface area contributed by atoms with Crippen molar-refractivity contribution in [3.63, 3.8) is 0 Å². The molecule has 1 aromatic carbocycles. The second-order valence-electron chi connectivity index (χ2n) is 2.71. The number of aryl methyl sites for hydroxylation is 1. The second-order valence-corrected chi connectivity index (χ2v) is 4.55. The molecule has 1 heterocycles. The largest absolute Gasteiger partial charge is 0.508 e. The normalized spacial score (nSPS) is 10.8. The summed E-state index contributed by atoms with van der Waals surface area (Å²) in [6, 6.07) is 5.64. The van der Waals surface area contributed by atoms with Crippen LogP contribution in [0.1, 0.15) is 5.56 Å². The fraction of sp³-hybridized carbons (Fsp3) is 0.111. The zero-order valence-electron chi connectivity index (χ0n) is 6.53. The topological polar surface area (TPSA) is 20.2 Å². The van der Waals surface area contributed by atoms with Gasteiger partial charge in [0.1, 0.15) is 5.75 Å². The van der Waals surface area contributed by atoms with E-state index in [4.69, 9.17) is 0 Å². The van der Waals surface area contributed by atoms with Crippen molar-refractivity contribution < 1.29 is 5.11 Å². The van der Waals surface area contributed by atoms with Gasteiger partial charge in [0, 0.05) is 10.3 Å². The van der Waals surface area contributed by atoms with E-state index < -0.39 is 0 Å². The van der Waals surface area contributed by atoms with Crippen LogP contribution in [0.3, 0.4) is 0 Å². The quantitative estimate of drug-likeness (QED) is 0.620. The number of thiophene rings is 1. The first-order chi connectivity index (χ1) is 5.68. The molecule has 0 saturated heterocycles. The molecule has 1 N–H and O–H groups in total. The average molecular weight is 196 g/mol. The molecule has 0 fully saturated rings. The monoisotopic (exact) mass is 196 g/mol. The van der Waals surface area contributed by atoms with Gasteiger partial charge in [0.25, 0.3) is 0 Å². The lowest BCUT2D eigenvalue weighted by atomic mass is 10.2. The van der Waals surface area contributed by atoms with Crippen LogP contribution in [0.25, 0.3) is 10.1 Å². The highest BCUT2D eigenvalue weighted by atomic mass is 32.2. The number of aromatic hydroxyl groups is 1. The van der Waals surface area contributed by atoms with Gasteiger partial charge in [-0.15, -0.1) is 24.0 Å². The van der Waals surface area contributed by atoms with E-state index in [2.05, 4.69) is 12.6 Å². The van der Waals surface area contributed by atoms with Crippen molar-refractivity contribution in [2.75, 3.05) is 0 Å². The molecule has 0 spiro atoms. The molecule has 0 aliphatic rings. The van der Waals surface area contributed by atoms with E-state index in [1.807, 2.05) is 19.1 Å². The Hall–Kier alpha value is -0.670. The maximum atomic E-state index is 9.41. The van der Waals surface area contributed by atoms with Crippen molar-refractivity contribution in [3.05, 3.63) is 23.8 Å². The first kappa shape index (κ1) is 7.95. The average Bonchev–Trinajstić information content (AvgIpc) is 2.39. The fourth-order valence-corrected chi connectivity index (χ4v) is 2.53. The molecule has 0 aliphatic carbocycles. The summed E-state index contributed by atoms with van der Waals surface area (Å²) in [4.78, 5) is 0. The Kier molecular flexibility index (Phi) is 1.77. The zero-order valence-corrected chi connectivity index (χ0v) is 8.25. The summed E-state index contributed by atoms with van der Waals surface area (Å²) in [5.74, 6) is 0.359. The SMILES string of the molecule is Cc1c(O)ccc2cc(S)sc12. The zero-order chi connectivity index (χ0) is 8.72. The molecule has 0 unspecified atom stereocenters. The number of thiol groups is 1. The van der Waals surface area contributed by atoms with Crippen LogP contribution in [0.15, 0.2) is 22.4 Å². The van der Waals surface area contributed by atoms with Gasteiger partial charge in [0.05, 0.1) is 4.21 Å². The molecule has 3 heteroatoms. The molecule has 0 atom stereocenters. The number of hydrogen-bond acceptors (Lipinski definition) is 3. The van der Waals surface area contributed by atoms with Crippen molar-refractivity contribution in [2.24, 2.45) is 0 Å². The van der Waals surface area contributed by atoms with Crippen molar-refractivity contribution in [1.82, 2.24) is 0 Å². The molecule has 1 aromatic heterocycles. The van der Waals surface area contributed by atoms with Crippen LogP contribution in [-0.4, -0.2) is 5.11 Å². The molecular formula is C9H8OS2. The third-order valence-corrected chi connectivity index (χ3v) is 3.37. The Morgan fingerprint density at radius 3 is 2.92 bits per heavy atom. The molecule has 62 valence electrons. The molecule has 0 bridgehead atoms. The Balaban J connectivity index is 2.89. The van der Waals surface area contributed by atoms with Gasteiger partial charge < -0.3 is 5.11 Å². The smallest absolute Gasteiger partial charge is 0.119 e. The minimum Gasteiger partial charge on any atom is -0.508 e. The number of phenolic OH excluding ortho intramolecular Hbond substituents is 1. The van der Waals surface area contributed by atoms with Crippen LogP contribution in [0, 0.1) is 6.92 Å². The van der Waals surface area contributed by atoms with Crippen LogP contribution in [0.5, 0.6) is 5.75 Å². The Bertz CT molecular complexity index is 431. The minimum atomic E-state index is 0.359. The number of benzene rings is 1. The first-order valence-electron chi connectivity index (χ1n) is 3.59. The maximum Gasteiger partial charge on any atom is 0.119 e. The van der Waals surface area contributed by atoms with Gasteiger partial charge in [-0.05, 0) is 30.5 Å². The van der Waals surface area contributed by atoms with Gasteiger partial charge in [-0.3, -0.25) is 0 Å². The summed E-state index contributed by atoms with van der Waals surface area (Å²) in [6.45, 7) is 1.92. The summed E-state index contributed by atoms with van der Waals surface area (Å²) in [7, 11) is 0. The van der Waals surface area contributed by atoms with Gasteiger partial charge in [-0.25, -0.2) is 0 Å². The van der Waals surface area contributed by atoms with E-state index in [1.165, 1.54) is 0 Å². The lowest BCUT2D eigenvalue weighted by Gasteiger charge is -1.97. The minimum absolute atomic E-state index is 0.359. The van der Waals surface area contributed by atoms with Crippen molar-refractivity contribution >= 4 is 34.1 Å². The van der Waals surface area contributed by atoms with E-state index in [0.717, 1.165) is 19.9 Å². The molecule has 0 amide bonds. The third-order valence-electron chi connectivity index (χ3n) is 1.89. The Labute approximate surface area is 80.1 Å². The van der Waals surface area contributed by atoms with Crippen molar-refractivity contribution in [3.8, 4) is 5.75 Å². The van der Waals surface area contributed by atoms with E-state index in [1.54, 1.807) is 17.4 Å². The van der Waals surface area contributed by atoms with Crippen molar-refractivity contribution in [1.29, 1.82) is 0 Å². The third kappa shape index (κ3) is 1.09. The first-order valence-corrected chi connectivity index (χ1v) is 4.86. The standard InChI is InChI=1S/C9H8OS2/c1-5-7(10)3-2-6-4-8(11)12-9(5)6/h2-4,10-11H,1H3. The van der Waals surface area contributed by atoms with E-state index in [0.29, 0.717) is 5.75 Å². The maximum absolute atomic E-state index is 9.41. The Morgan fingerprint density at radius 1 is 1.42 bits per heavy atom. The van der Waals surface area contributed by atoms with Crippen LogP contribution < -0.4 is 0 Å². The van der Waals surface area contributed by atoms with Crippen LogP contribution in [-0.2, 0) is 0 Å². The summed E-state index contributed by atoms with van der Waals surface area (Å²) in [6.07, 6.45) is 0. The van der Waals surface area contributed by atoms with Gasteiger partial charge in [0.15, 0.2) is 0 Å². The fourth-order valence-electron chi connectivity index (χ4n) is 1.22. The molecule has 2 aromatic rings. The molecule has 0 aliphatic heterocycles. The number of hydrogen-bond donors (Lipinski definition) is 2. The van der Waals surface area contributed by atoms with Crippen LogP contribution in [0.4, 0.5) is 0 Å². The summed E-state index contributed by atoms with van der Waals surface area (Å²) in [5.41, 5.74) is 0.942. The predicted molar refractivity (Wildman–Crippen MR) is 55.5 cm³/mol. The van der Waals surface area contributed by atoms with E-state index in [9.17, 15) is 5.11 Å². The molecule has 1 nitrogen and oxygen atoms in total. The number of rotatable bonds is 0. The molecular weight excluding hydrogens is 188 g/mol. The van der Waals surface area contributed by atoms with Gasteiger partial charge in [-0.2, -0.15) is 0 Å². The highest BCUT2D eigenvalue weighted by molar-refractivity contribution is 7.83. The van der Waals surface area contributed by atoms with Gasteiger partial charge >= 0.3 is 0 Å². The van der Waals surface area contributed by atoms with E-state index >= 15 is 0 Å². The lowest BCUT2D eigenvalue weighted by Crippen LogP contribution is -1.72. The predicted octanol–water partition coefficient (Wildman–Crippen LogP) is 3.20. The molecule has 0 saturated carbocycles. The summed E-state index contributed by atoms with van der Waals surface area (Å²) < 4.78 is 2.11. The highest BCUT2D eigenvalue weighted by Crippen LogP contribution is 2.34. The second kappa shape index (κ2) is 2.68.